The van der Waals surface area contributed by atoms with Gasteiger partial charge in [-0.3, -0.25) is 9.58 Å². The Hall–Kier alpha value is -0.860. The number of allylic oxidation sites excluding steroid dienone is 2. The Morgan fingerprint density at radius 1 is 1.14 bits per heavy atom. The van der Waals surface area contributed by atoms with Crippen molar-refractivity contribution >= 4 is 33.2 Å². The van der Waals surface area contributed by atoms with Gasteiger partial charge in [-0.05, 0) is 45.7 Å². The quantitative estimate of drug-likeness (QED) is 0.710. The first kappa shape index (κ1) is 21.8. The summed E-state index contributed by atoms with van der Waals surface area (Å²) in [5.74, 6) is 0.252. The number of sulfonamides is 1. The van der Waals surface area contributed by atoms with Gasteiger partial charge in [-0.1, -0.05) is 36.2 Å². The molecule has 0 bridgehead atoms. The van der Waals surface area contributed by atoms with Crippen molar-refractivity contribution in [1.82, 2.24) is 19.0 Å². The summed E-state index contributed by atoms with van der Waals surface area (Å²) >= 11 is 12.4. The minimum atomic E-state index is -3.53. The minimum Gasteiger partial charge on any atom is -0.296 e. The molecule has 9 heteroatoms. The smallest absolute Gasteiger partial charge is 0.246 e. The first-order chi connectivity index (χ1) is 13.0. The molecule has 0 radical (unpaired) electrons. The largest absolute Gasteiger partial charge is 0.296 e. The molecule has 0 N–H and O–H groups in total. The van der Waals surface area contributed by atoms with Crippen LogP contribution in [-0.2, 0) is 17.1 Å². The molecule has 3 rings (SSSR count). The van der Waals surface area contributed by atoms with Crippen LogP contribution in [0.25, 0.3) is 0 Å². The van der Waals surface area contributed by atoms with E-state index in [0.29, 0.717) is 45.5 Å². The fourth-order valence-corrected chi connectivity index (χ4v) is 6.59. The summed E-state index contributed by atoms with van der Waals surface area (Å²) in [6.45, 7) is 6.67. The Morgan fingerprint density at radius 2 is 1.71 bits per heavy atom. The number of rotatable bonds is 4. The Balaban J connectivity index is 1.71. The molecular formula is C19H28Cl2N4O2S. The summed E-state index contributed by atoms with van der Waals surface area (Å²) in [4.78, 5) is 2.65. The lowest BCUT2D eigenvalue weighted by Crippen LogP contribution is -2.49. The molecule has 0 amide bonds. The van der Waals surface area contributed by atoms with Crippen molar-refractivity contribution in [2.75, 3.05) is 20.1 Å². The molecule has 2 unspecified atom stereocenters. The Labute approximate surface area is 177 Å². The number of hydrogen-bond donors (Lipinski definition) is 0. The molecule has 1 fully saturated rings. The number of likely N-dealkylation sites (N-methyl/N-ethyl adjacent to an activating group) is 1. The van der Waals surface area contributed by atoms with Crippen LogP contribution < -0.4 is 0 Å². The number of halogens is 2. The van der Waals surface area contributed by atoms with Crippen molar-refractivity contribution in [2.24, 2.45) is 13.0 Å². The van der Waals surface area contributed by atoms with Gasteiger partial charge in [-0.15, -0.1) is 0 Å². The number of aryl methyl sites for hydroxylation is 2. The van der Waals surface area contributed by atoms with Gasteiger partial charge in [0.15, 0.2) is 0 Å². The second-order valence-corrected chi connectivity index (χ2v) is 10.5. The summed E-state index contributed by atoms with van der Waals surface area (Å²) in [6, 6.07) is 0.451. The van der Waals surface area contributed by atoms with Crippen molar-refractivity contribution in [1.29, 1.82) is 0 Å². The first-order valence-corrected chi connectivity index (χ1v) is 11.7. The molecule has 1 aliphatic carbocycles. The zero-order chi connectivity index (χ0) is 20.8. The minimum absolute atomic E-state index is 0.158. The van der Waals surface area contributed by atoms with Crippen LogP contribution in [0.2, 0.25) is 0 Å². The highest BCUT2D eigenvalue weighted by molar-refractivity contribution is 7.89. The van der Waals surface area contributed by atoms with Gasteiger partial charge in [0, 0.05) is 32.2 Å². The third kappa shape index (κ3) is 3.92. The first-order valence-electron chi connectivity index (χ1n) is 9.51. The van der Waals surface area contributed by atoms with E-state index < -0.39 is 10.0 Å². The van der Waals surface area contributed by atoms with E-state index in [0.717, 1.165) is 12.8 Å². The predicted molar refractivity (Wildman–Crippen MR) is 113 cm³/mol. The van der Waals surface area contributed by atoms with Crippen LogP contribution >= 0.6 is 23.2 Å². The molecule has 1 aromatic rings. The second kappa shape index (κ2) is 8.11. The van der Waals surface area contributed by atoms with E-state index in [-0.39, 0.29) is 12.0 Å². The molecule has 6 nitrogen and oxygen atoms in total. The highest BCUT2D eigenvalue weighted by atomic mass is 35.5. The van der Waals surface area contributed by atoms with E-state index in [2.05, 4.69) is 24.0 Å². The Morgan fingerprint density at radius 3 is 2.25 bits per heavy atom. The maximum atomic E-state index is 13.2. The average molecular weight is 447 g/mol. The van der Waals surface area contributed by atoms with Gasteiger partial charge in [0.1, 0.15) is 4.90 Å². The summed E-state index contributed by atoms with van der Waals surface area (Å²) in [5.41, 5.74) is 1.23. The third-order valence-corrected chi connectivity index (χ3v) is 8.91. The van der Waals surface area contributed by atoms with Crippen LogP contribution in [0.1, 0.15) is 31.2 Å². The van der Waals surface area contributed by atoms with Gasteiger partial charge >= 0.3 is 0 Å². The normalized spacial score (nSPS) is 25.1. The average Bonchev–Trinajstić information content (AvgIpc) is 2.90. The predicted octanol–water partition coefficient (Wildman–Crippen LogP) is 3.39. The van der Waals surface area contributed by atoms with Crippen molar-refractivity contribution in [3.8, 4) is 0 Å². The molecular weight excluding hydrogens is 419 g/mol. The number of aromatic nitrogens is 2. The van der Waals surface area contributed by atoms with E-state index in [9.17, 15) is 8.42 Å². The molecule has 1 aliphatic heterocycles. The van der Waals surface area contributed by atoms with Gasteiger partial charge in [-0.2, -0.15) is 9.40 Å². The van der Waals surface area contributed by atoms with E-state index >= 15 is 0 Å². The standard InChI is InChI=1S/C19H28Cl2N4O2S/c1-12-10-16(20)17(21)11-18(12)23(4)15-6-8-25(9-7-15)28(26,27)19-13(2)22-24(5)14(19)3/h10-12,15,18H,6-9H2,1-5H3. The van der Waals surface area contributed by atoms with Crippen LogP contribution in [0.5, 0.6) is 0 Å². The summed E-state index contributed by atoms with van der Waals surface area (Å²) in [7, 11) is 0.322. The van der Waals surface area contributed by atoms with Gasteiger partial charge in [0.25, 0.3) is 0 Å². The summed E-state index contributed by atoms with van der Waals surface area (Å²) in [6.07, 6.45) is 5.54. The molecule has 0 saturated carbocycles. The van der Waals surface area contributed by atoms with Crippen molar-refractivity contribution < 1.29 is 8.42 Å². The third-order valence-electron chi connectivity index (χ3n) is 6.00. The number of piperidine rings is 1. The van der Waals surface area contributed by atoms with Crippen LogP contribution in [0.3, 0.4) is 0 Å². The summed E-state index contributed by atoms with van der Waals surface area (Å²) in [5, 5.41) is 5.45. The Kier molecular flexibility index (Phi) is 6.32. The highest BCUT2D eigenvalue weighted by Crippen LogP contribution is 2.33. The van der Waals surface area contributed by atoms with Crippen LogP contribution in [0, 0.1) is 19.8 Å². The van der Waals surface area contributed by atoms with Crippen LogP contribution in [-0.4, -0.2) is 59.6 Å². The molecule has 0 spiro atoms. The lowest BCUT2D eigenvalue weighted by molar-refractivity contribution is 0.126. The van der Waals surface area contributed by atoms with Gasteiger partial charge in [0.2, 0.25) is 10.0 Å². The maximum Gasteiger partial charge on any atom is 0.246 e. The van der Waals surface area contributed by atoms with E-state index in [1.54, 1.807) is 29.9 Å². The molecule has 156 valence electrons. The zero-order valence-corrected chi connectivity index (χ0v) is 19.3. The van der Waals surface area contributed by atoms with E-state index in [4.69, 9.17) is 23.2 Å². The fraction of sp³-hybridized carbons (Fsp3) is 0.632. The lowest BCUT2D eigenvalue weighted by Gasteiger charge is -2.41. The molecule has 0 aromatic carbocycles. The van der Waals surface area contributed by atoms with Gasteiger partial charge in [-0.25, -0.2) is 8.42 Å². The molecule has 1 saturated heterocycles. The lowest BCUT2D eigenvalue weighted by atomic mass is 9.93. The monoisotopic (exact) mass is 446 g/mol. The van der Waals surface area contributed by atoms with Crippen LogP contribution in [0.15, 0.2) is 27.1 Å². The molecule has 28 heavy (non-hydrogen) atoms. The van der Waals surface area contributed by atoms with Gasteiger partial charge in [0.05, 0.1) is 21.5 Å². The Bertz CT molecular complexity index is 915. The molecule has 2 heterocycles. The maximum absolute atomic E-state index is 13.2. The van der Waals surface area contributed by atoms with Crippen molar-refractivity contribution in [3.05, 3.63) is 33.6 Å². The van der Waals surface area contributed by atoms with E-state index in [1.165, 1.54) is 0 Å². The number of nitrogens with zero attached hydrogens (tertiary/aromatic N) is 4. The number of hydrogen-bond acceptors (Lipinski definition) is 4. The van der Waals surface area contributed by atoms with E-state index in [1.807, 2.05) is 12.2 Å². The molecule has 2 aliphatic rings. The van der Waals surface area contributed by atoms with Crippen LogP contribution in [0.4, 0.5) is 0 Å². The fourth-order valence-electron chi connectivity index (χ4n) is 4.27. The topological polar surface area (TPSA) is 58.4 Å². The second-order valence-electron chi connectivity index (χ2n) is 7.80. The summed E-state index contributed by atoms with van der Waals surface area (Å²) < 4.78 is 29.5. The van der Waals surface area contributed by atoms with Gasteiger partial charge < -0.3 is 0 Å². The van der Waals surface area contributed by atoms with Crippen molar-refractivity contribution in [2.45, 2.75) is 50.6 Å². The SMILES string of the molecule is Cc1nn(C)c(C)c1S(=O)(=O)N1CCC(N(C)C2C=C(Cl)C(Cl)=CC2C)CC1. The molecule has 1 aromatic heterocycles. The zero-order valence-electron chi connectivity index (χ0n) is 17.0. The molecule has 2 atom stereocenters. The highest BCUT2D eigenvalue weighted by Gasteiger charge is 2.36. The van der Waals surface area contributed by atoms with Crippen molar-refractivity contribution in [3.63, 3.8) is 0 Å².